The van der Waals surface area contributed by atoms with Crippen LogP contribution in [0.25, 0.3) is 10.6 Å². The molecule has 0 aliphatic rings. The zero-order valence-corrected chi connectivity index (χ0v) is 8.79. The second kappa shape index (κ2) is 3.90. The zero-order valence-electron chi connectivity index (χ0n) is 7.97. The Kier molecular flexibility index (Phi) is 2.61. The summed E-state index contributed by atoms with van der Waals surface area (Å²) in [6.45, 7) is 1.99. The van der Waals surface area contributed by atoms with Crippen LogP contribution in [0, 0.1) is 0 Å². The van der Waals surface area contributed by atoms with E-state index in [1.807, 2.05) is 30.6 Å². The average molecular weight is 204 g/mol. The Bertz CT molecular complexity index is 407. The fourth-order valence-electron chi connectivity index (χ4n) is 1.32. The van der Waals surface area contributed by atoms with Gasteiger partial charge in [0.25, 0.3) is 0 Å². The van der Waals surface area contributed by atoms with Crippen LogP contribution in [0.3, 0.4) is 0 Å². The zero-order chi connectivity index (χ0) is 9.97. The molecule has 2 N–H and O–H groups in total. The number of hydrogen-bond donors (Lipinski definition) is 1. The quantitative estimate of drug-likeness (QED) is 0.817. The van der Waals surface area contributed by atoms with E-state index < -0.39 is 0 Å². The molecule has 1 heterocycles. The molecule has 14 heavy (non-hydrogen) atoms. The van der Waals surface area contributed by atoms with E-state index in [0.29, 0.717) is 0 Å². The van der Waals surface area contributed by atoms with E-state index in [4.69, 9.17) is 5.73 Å². The summed E-state index contributed by atoms with van der Waals surface area (Å²) in [5.74, 6) is 0. The van der Waals surface area contributed by atoms with Gasteiger partial charge in [-0.2, -0.15) is 0 Å². The lowest BCUT2D eigenvalue weighted by Crippen LogP contribution is -2.04. The Hall–Kier alpha value is -1.19. The molecule has 2 rings (SSSR count). The average Bonchev–Trinajstić information content (AvgIpc) is 2.71. The first kappa shape index (κ1) is 9.37. The Morgan fingerprint density at radius 3 is 2.93 bits per heavy atom. The number of nitrogens with two attached hydrogens (primary N) is 1. The molecule has 3 heteroatoms. The lowest BCUT2D eigenvalue weighted by molar-refractivity contribution is 0.818. The van der Waals surface area contributed by atoms with Gasteiger partial charge in [-0.3, -0.25) is 0 Å². The van der Waals surface area contributed by atoms with Gasteiger partial charge in [0.15, 0.2) is 0 Å². The third kappa shape index (κ3) is 1.84. The summed E-state index contributed by atoms with van der Waals surface area (Å²) >= 11 is 1.64. The van der Waals surface area contributed by atoms with E-state index in [2.05, 4.69) is 17.1 Å². The van der Waals surface area contributed by atoms with Gasteiger partial charge < -0.3 is 5.73 Å². The first-order valence-electron chi connectivity index (χ1n) is 4.53. The molecule has 0 amide bonds. The van der Waals surface area contributed by atoms with Crippen molar-refractivity contribution >= 4 is 11.3 Å². The molecule has 0 spiro atoms. The molecule has 0 fully saturated rings. The van der Waals surface area contributed by atoms with Crippen LogP contribution >= 0.6 is 11.3 Å². The highest BCUT2D eigenvalue weighted by molar-refractivity contribution is 7.13. The second-order valence-corrected chi connectivity index (χ2v) is 4.15. The molecule has 2 nitrogen and oxygen atoms in total. The normalized spacial score (nSPS) is 12.7. The smallest absolute Gasteiger partial charge is 0.123 e. The molecular weight excluding hydrogens is 192 g/mol. The molecule has 0 saturated heterocycles. The Morgan fingerprint density at radius 1 is 1.43 bits per heavy atom. The van der Waals surface area contributed by atoms with Crippen LogP contribution in [-0.2, 0) is 0 Å². The van der Waals surface area contributed by atoms with Gasteiger partial charge in [0.1, 0.15) is 5.01 Å². The third-order valence-electron chi connectivity index (χ3n) is 2.09. The standard InChI is InChI=1S/C11H12N2S/c1-8(12)9-3-2-4-10(7-9)11-13-5-6-14-11/h2-8H,12H2,1H3/t8-/m0/s1. The van der Waals surface area contributed by atoms with E-state index in [1.54, 1.807) is 11.3 Å². The summed E-state index contributed by atoms with van der Waals surface area (Å²) in [6.07, 6.45) is 1.82. The van der Waals surface area contributed by atoms with Crippen molar-refractivity contribution in [1.82, 2.24) is 4.98 Å². The molecule has 0 radical (unpaired) electrons. The van der Waals surface area contributed by atoms with E-state index in [1.165, 1.54) is 0 Å². The highest BCUT2D eigenvalue weighted by Crippen LogP contribution is 2.23. The van der Waals surface area contributed by atoms with Crippen LogP contribution in [-0.4, -0.2) is 4.98 Å². The van der Waals surface area contributed by atoms with Crippen molar-refractivity contribution in [2.24, 2.45) is 5.73 Å². The van der Waals surface area contributed by atoms with E-state index >= 15 is 0 Å². The molecule has 0 aliphatic heterocycles. The van der Waals surface area contributed by atoms with Crippen LogP contribution < -0.4 is 5.73 Å². The molecule has 0 aliphatic carbocycles. The lowest BCUT2D eigenvalue weighted by Gasteiger charge is -2.06. The number of benzene rings is 1. The molecule has 2 aromatic rings. The van der Waals surface area contributed by atoms with Crippen molar-refractivity contribution in [2.45, 2.75) is 13.0 Å². The first-order chi connectivity index (χ1) is 6.77. The predicted octanol–water partition coefficient (Wildman–Crippen LogP) is 2.83. The second-order valence-electron chi connectivity index (χ2n) is 3.25. The van der Waals surface area contributed by atoms with Gasteiger partial charge in [0, 0.05) is 23.2 Å². The molecule has 0 saturated carbocycles. The molecule has 1 aromatic carbocycles. The summed E-state index contributed by atoms with van der Waals surface area (Å²) in [5.41, 5.74) is 8.12. The minimum absolute atomic E-state index is 0.0786. The largest absolute Gasteiger partial charge is 0.324 e. The maximum absolute atomic E-state index is 5.82. The number of hydrogen-bond acceptors (Lipinski definition) is 3. The number of aromatic nitrogens is 1. The number of nitrogens with zero attached hydrogens (tertiary/aromatic N) is 1. The monoisotopic (exact) mass is 204 g/mol. The predicted molar refractivity (Wildman–Crippen MR) is 60.2 cm³/mol. The van der Waals surface area contributed by atoms with Crippen LogP contribution in [0.5, 0.6) is 0 Å². The minimum Gasteiger partial charge on any atom is -0.324 e. The van der Waals surface area contributed by atoms with Crippen molar-refractivity contribution in [1.29, 1.82) is 0 Å². The number of thiazole rings is 1. The SMILES string of the molecule is C[C@H](N)c1cccc(-c2nccs2)c1. The van der Waals surface area contributed by atoms with Crippen molar-refractivity contribution < 1.29 is 0 Å². The van der Waals surface area contributed by atoms with Gasteiger partial charge in [-0.15, -0.1) is 11.3 Å². The third-order valence-corrected chi connectivity index (χ3v) is 2.91. The lowest BCUT2D eigenvalue weighted by atomic mass is 10.1. The van der Waals surface area contributed by atoms with Gasteiger partial charge in [-0.1, -0.05) is 18.2 Å². The molecule has 0 bridgehead atoms. The molecule has 72 valence electrons. The fourth-order valence-corrected chi connectivity index (χ4v) is 1.96. The summed E-state index contributed by atoms with van der Waals surface area (Å²) in [6, 6.07) is 8.31. The maximum Gasteiger partial charge on any atom is 0.123 e. The Balaban J connectivity index is 2.41. The van der Waals surface area contributed by atoms with Crippen molar-refractivity contribution in [2.75, 3.05) is 0 Å². The van der Waals surface area contributed by atoms with Crippen LogP contribution in [0.15, 0.2) is 35.8 Å². The molecular formula is C11H12N2S. The summed E-state index contributed by atoms with van der Waals surface area (Å²) in [4.78, 5) is 4.26. The van der Waals surface area contributed by atoms with Crippen molar-refractivity contribution in [3.63, 3.8) is 0 Å². The fraction of sp³-hybridized carbons (Fsp3) is 0.182. The maximum atomic E-state index is 5.82. The van der Waals surface area contributed by atoms with Crippen LogP contribution in [0.2, 0.25) is 0 Å². The number of rotatable bonds is 2. The summed E-state index contributed by atoms with van der Waals surface area (Å²) in [7, 11) is 0. The minimum atomic E-state index is 0.0786. The molecule has 1 aromatic heterocycles. The topological polar surface area (TPSA) is 38.9 Å². The van der Waals surface area contributed by atoms with Gasteiger partial charge in [-0.05, 0) is 18.6 Å². The van der Waals surface area contributed by atoms with E-state index in [9.17, 15) is 0 Å². The first-order valence-corrected chi connectivity index (χ1v) is 5.41. The summed E-state index contributed by atoms with van der Waals surface area (Å²) < 4.78 is 0. The van der Waals surface area contributed by atoms with Crippen LogP contribution in [0.1, 0.15) is 18.5 Å². The molecule has 0 unspecified atom stereocenters. The van der Waals surface area contributed by atoms with E-state index in [0.717, 1.165) is 16.1 Å². The van der Waals surface area contributed by atoms with Gasteiger partial charge in [0.05, 0.1) is 0 Å². The Morgan fingerprint density at radius 2 is 2.29 bits per heavy atom. The Labute approximate surface area is 87.4 Å². The van der Waals surface area contributed by atoms with E-state index in [-0.39, 0.29) is 6.04 Å². The highest BCUT2D eigenvalue weighted by atomic mass is 32.1. The van der Waals surface area contributed by atoms with Gasteiger partial charge in [-0.25, -0.2) is 4.98 Å². The van der Waals surface area contributed by atoms with Crippen molar-refractivity contribution in [3.05, 3.63) is 41.4 Å². The summed E-state index contributed by atoms with van der Waals surface area (Å²) in [5, 5.41) is 3.03. The molecule has 1 atom stereocenters. The van der Waals surface area contributed by atoms with Crippen LogP contribution in [0.4, 0.5) is 0 Å². The van der Waals surface area contributed by atoms with Gasteiger partial charge in [0.2, 0.25) is 0 Å². The van der Waals surface area contributed by atoms with Crippen molar-refractivity contribution in [3.8, 4) is 10.6 Å². The highest BCUT2D eigenvalue weighted by Gasteiger charge is 2.03. The van der Waals surface area contributed by atoms with Gasteiger partial charge >= 0.3 is 0 Å².